The van der Waals surface area contributed by atoms with E-state index in [1.54, 1.807) is 0 Å². The van der Waals surface area contributed by atoms with Crippen LogP contribution in [0, 0.1) is 13.8 Å². The van der Waals surface area contributed by atoms with E-state index in [0.717, 1.165) is 48.8 Å². The number of piperidine rings is 1. The molecule has 0 saturated carbocycles. The van der Waals surface area contributed by atoms with Gasteiger partial charge in [0.05, 0.1) is 0 Å². The number of rotatable bonds is 5. The Morgan fingerprint density at radius 1 is 1.25 bits per heavy atom. The summed E-state index contributed by atoms with van der Waals surface area (Å²) < 4.78 is 0. The molecule has 0 radical (unpaired) electrons. The molecule has 1 saturated heterocycles. The molecule has 1 fully saturated rings. The Morgan fingerprint density at radius 3 is 2.75 bits per heavy atom. The number of carbonyl (C=O) groups excluding carboxylic acids is 1. The second kappa shape index (κ2) is 7.53. The topological polar surface area (TPSA) is 95.6 Å². The molecule has 2 aromatic heterocycles. The van der Waals surface area contributed by atoms with Crippen molar-refractivity contribution in [1.82, 2.24) is 25.5 Å². The van der Waals surface area contributed by atoms with E-state index < -0.39 is 0 Å². The number of amides is 1. The van der Waals surface area contributed by atoms with Gasteiger partial charge in [-0.25, -0.2) is 9.97 Å². The number of nitrogens with one attached hydrogen (secondary N) is 3. The van der Waals surface area contributed by atoms with E-state index in [1.807, 2.05) is 19.9 Å². The quantitative estimate of drug-likeness (QED) is 0.778. The first-order chi connectivity index (χ1) is 11.6. The molecule has 3 rings (SSSR count). The summed E-state index contributed by atoms with van der Waals surface area (Å²) in [7, 11) is 0. The lowest BCUT2D eigenvalue weighted by atomic mass is 9.93. The highest BCUT2D eigenvalue weighted by Crippen LogP contribution is 2.24. The monoisotopic (exact) mass is 328 g/mol. The molecule has 0 aromatic carbocycles. The van der Waals surface area contributed by atoms with Crippen LogP contribution in [0.3, 0.4) is 0 Å². The molecule has 0 atom stereocenters. The number of aromatic amines is 1. The predicted molar refractivity (Wildman–Crippen MR) is 91.9 cm³/mol. The van der Waals surface area contributed by atoms with E-state index >= 15 is 0 Å². The van der Waals surface area contributed by atoms with Gasteiger partial charge in [0.25, 0.3) is 0 Å². The lowest BCUT2D eigenvalue weighted by molar-refractivity contribution is -0.116. The standard InChI is InChI=1S/C17H24N6O/c1-11-9-16(23-22-11)21-17(24)4-3-14-10-15(20-12(2)19-14)13-5-7-18-8-6-13/h9-10,13,18H,3-8H2,1-2H3,(H2,21,22,23,24). The summed E-state index contributed by atoms with van der Waals surface area (Å²) >= 11 is 0. The third-order valence-electron chi connectivity index (χ3n) is 4.25. The fourth-order valence-electron chi connectivity index (χ4n) is 3.04. The van der Waals surface area contributed by atoms with Crippen molar-refractivity contribution in [2.24, 2.45) is 0 Å². The highest BCUT2D eigenvalue weighted by atomic mass is 16.1. The summed E-state index contributed by atoms with van der Waals surface area (Å²) in [6.45, 7) is 5.89. The van der Waals surface area contributed by atoms with E-state index in [1.165, 1.54) is 0 Å². The maximum Gasteiger partial charge on any atom is 0.225 e. The van der Waals surface area contributed by atoms with Crippen LogP contribution in [0.15, 0.2) is 12.1 Å². The molecule has 24 heavy (non-hydrogen) atoms. The molecule has 7 nitrogen and oxygen atoms in total. The summed E-state index contributed by atoms with van der Waals surface area (Å²) in [6.07, 6.45) is 3.20. The van der Waals surface area contributed by atoms with Crippen molar-refractivity contribution in [2.75, 3.05) is 18.4 Å². The SMILES string of the molecule is Cc1nc(CCC(=O)Nc2cc(C)[nH]n2)cc(C2CCNCC2)n1. The van der Waals surface area contributed by atoms with Crippen molar-refractivity contribution >= 4 is 11.7 Å². The molecule has 0 spiro atoms. The summed E-state index contributed by atoms with van der Waals surface area (Å²) in [4.78, 5) is 21.1. The fourth-order valence-corrected chi connectivity index (χ4v) is 3.04. The van der Waals surface area contributed by atoms with Gasteiger partial charge in [0.2, 0.25) is 5.91 Å². The van der Waals surface area contributed by atoms with E-state index in [0.29, 0.717) is 24.6 Å². The molecule has 3 heterocycles. The van der Waals surface area contributed by atoms with Crippen molar-refractivity contribution in [2.45, 2.75) is 45.4 Å². The van der Waals surface area contributed by atoms with Crippen molar-refractivity contribution in [3.05, 3.63) is 35.0 Å². The molecule has 128 valence electrons. The summed E-state index contributed by atoms with van der Waals surface area (Å²) in [5, 5.41) is 13.0. The number of anilines is 1. The first-order valence-electron chi connectivity index (χ1n) is 8.47. The summed E-state index contributed by atoms with van der Waals surface area (Å²) in [5.74, 6) is 1.78. The highest BCUT2D eigenvalue weighted by molar-refractivity contribution is 5.89. The smallest absolute Gasteiger partial charge is 0.225 e. The number of H-pyrrole nitrogens is 1. The Labute approximate surface area is 141 Å². The number of nitrogens with zero attached hydrogens (tertiary/aromatic N) is 3. The number of aromatic nitrogens is 4. The molecule has 1 aliphatic heterocycles. The van der Waals surface area contributed by atoms with Crippen molar-refractivity contribution < 1.29 is 4.79 Å². The van der Waals surface area contributed by atoms with Crippen molar-refractivity contribution in [3.63, 3.8) is 0 Å². The maximum atomic E-state index is 12.0. The Kier molecular flexibility index (Phi) is 5.20. The molecule has 1 aliphatic rings. The largest absolute Gasteiger partial charge is 0.317 e. The normalized spacial score (nSPS) is 15.4. The third-order valence-corrected chi connectivity index (χ3v) is 4.25. The molecule has 2 aromatic rings. The lowest BCUT2D eigenvalue weighted by Gasteiger charge is -2.22. The first-order valence-corrected chi connectivity index (χ1v) is 8.47. The van der Waals surface area contributed by atoms with Gasteiger partial charge in [-0.2, -0.15) is 5.10 Å². The van der Waals surface area contributed by atoms with Crippen LogP contribution in [0.5, 0.6) is 0 Å². The van der Waals surface area contributed by atoms with Gasteiger partial charge >= 0.3 is 0 Å². The molecule has 1 amide bonds. The van der Waals surface area contributed by atoms with Crippen LogP contribution in [0.2, 0.25) is 0 Å². The van der Waals surface area contributed by atoms with Gasteiger partial charge in [-0.1, -0.05) is 0 Å². The van der Waals surface area contributed by atoms with Gasteiger partial charge in [-0.05, 0) is 52.3 Å². The van der Waals surface area contributed by atoms with Gasteiger partial charge in [-0.15, -0.1) is 0 Å². The van der Waals surface area contributed by atoms with Gasteiger partial charge in [0, 0.05) is 35.5 Å². The number of hydrogen-bond donors (Lipinski definition) is 3. The Hall–Kier alpha value is -2.28. The first kappa shape index (κ1) is 16.6. The van der Waals surface area contributed by atoms with Gasteiger partial charge < -0.3 is 10.6 Å². The van der Waals surface area contributed by atoms with Crippen LogP contribution in [-0.4, -0.2) is 39.2 Å². The molecular formula is C17H24N6O. The molecule has 3 N–H and O–H groups in total. The second-order valence-corrected chi connectivity index (χ2v) is 6.34. The average molecular weight is 328 g/mol. The van der Waals surface area contributed by atoms with Crippen LogP contribution in [0.4, 0.5) is 5.82 Å². The van der Waals surface area contributed by atoms with Gasteiger partial charge in [0.1, 0.15) is 5.82 Å². The number of carbonyl (C=O) groups is 1. The molecule has 0 bridgehead atoms. The van der Waals surface area contributed by atoms with Crippen LogP contribution >= 0.6 is 0 Å². The summed E-state index contributed by atoms with van der Waals surface area (Å²) in [5.41, 5.74) is 2.97. The summed E-state index contributed by atoms with van der Waals surface area (Å²) in [6, 6.07) is 3.87. The molecule has 0 aliphatic carbocycles. The Bertz CT molecular complexity index is 705. The lowest BCUT2D eigenvalue weighted by Crippen LogP contribution is -2.27. The van der Waals surface area contributed by atoms with Crippen molar-refractivity contribution in [1.29, 1.82) is 0 Å². The van der Waals surface area contributed by atoms with Crippen LogP contribution in [0.25, 0.3) is 0 Å². The maximum absolute atomic E-state index is 12.0. The Balaban J connectivity index is 1.60. The third kappa shape index (κ3) is 4.38. The average Bonchev–Trinajstić information content (AvgIpc) is 2.98. The minimum absolute atomic E-state index is 0.0545. The minimum Gasteiger partial charge on any atom is -0.317 e. The zero-order chi connectivity index (χ0) is 16.9. The van der Waals surface area contributed by atoms with E-state index in [-0.39, 0.29) is 5.91 Å². The molecular weight excluding hydrogens is 304 g/mol. The van der Waals surface area contributed by atoms with E-state index in [4.69, 9.17) is 0 Å². The fraction of sp³-hybridized carbons (Fsp3) is 0.529. The van der Waals surface area contributed by atoms with Gasteiger partial charge in [-0.3, -0.25) is 9.89 Å². The van der Waals surface area contributed by atoms with Crippen LogP contribution in [0.1, 0.15) is 48.1 Å². The minimum atomic E-state index is -0.0545. The zero-order valence-electron chi connectivity index (χ0n) is 14.2. The number of aryl methyl sites for hydroxylation is 3. The van der Waals surface area contributed by atoms with Crippen molar-refractivity contribution in [3.8, 4) is 0 Å². The molecule has 0 unspecified atom stereocenters. The zero-order valence-corrected chi connectivity index (χ0v) is 14.2. The van der Waals surface area contributed by atoms with Crippen LogP contribution in [-0.2, 0) is 11.2 Å². The Morgan fingerprint density at radius 2 is 2.04 bits per heavy atom. The number of hydrogen-bond acceptors (Lipinski definition) is 5. The highest BCUT2D eigenvalue weighted by Gasteiger charge is 2.18. The second-order valence-electron chi connectivity index (χ2n) is 6.34. The predicted octanol–water partition coefficient (Wildman–Crippen LogP) is 1.85. The van der Waals surface area contributed by atoms with Crippen LogP contribution < -0.4 is 10.6 Å². The van der Waals surface area contributed by atoms with E-state index in [9.17, 15) is 4.79 Å². The van der Waals surface area contributed by atoms with Gasteiger partial charge in [0.15, 0.2) is 5.82 Å². The van der Waals surface area contributed by atoms with E-state index in [2.05, 4.69) is 36.9 Å². The molecule has 7 heteroatoms.